The summed E-state index contributed by atoms with van der Waals surface area (Å²) in [7, 11) is 0. The van der Waals surface area contributed by atoms with Crippen molar-refractivity contribution >= 4 is 0 Å². The molecule has 88 valence electrons. The lowest BCUT2D eigenvalue weighted by atomic mass is 9.84. The van der Waals surface area contributed by atoms with E-state index in [1.807, 2.05) is 0 Å². The Morgan fingerprint density at radius 2 is 1.73 bits per heavy atom. The first-order valence-electron chi connectivity index (χ1n) is 6.71. The van der Waals surface area contributed by atoms with Gasteiger partial charge in [-0.1, -0.05) is 19.3 Å². The van der Waals surface area contributed by atoms with E-state index in [0.717, 1.165) is 18.8 Å². The normalized spacial score (nSPS) is 35.6. The van der Waals surface area contributed by atoms with Crippen molar-refractivity contribution in [2.24, 2.45) is 5.92 Å². The maximum atomic E-state index is 9.77. The van der Waals surface area contributed by atoms with E-state index in [4.69, 9.17) is 0 Å². The SMILES string of the molecule is C[C@H](N[C@@H]1CCC[C@H]1O)C1CCCCC1. The minimum Gasteiger partial charge on any atom is -0.392 e. The topological polar surface area (TPSA) is 32.3 Å². The summed E-state index contributed by atoms with van der Waals surface area (Å²) in [5, 5.41) is 13.4. The van der Waals surface area contributed by atoms with E-state index in [2.05, 4.69) is 12.2 Å². The van der Waals surface area contributed by atoms with Crippen LogP contribution in [0.3, 0.4) is 0 Å². The first-order chi connectivity index (χ1) is 7.27. The van der Waals surface area contributed by atoms with E-state index in [1.165, 1.54) is 38.5 Å². The van der Waals surface area contributed by atoms with Crippen LogP contribution in [-0.2, 0) is 0 Å². The van der Waals surface area contributed by atoms with Gasteiger partial charge in [0.2, 0.25) is 0 Å². The number of nitrogens with one attached hydrogen (secondary N) is 1. The molecule has 2 N–H and O–H groups in total. The summed E-state index contributed by atoms with van der Waals surface area (Å²) in [5.74, 6) is 0.853. The summed E-state index contributed by atoms with van der Waals surface area (Å²) in [6.45, 7) is 2.31. The Labute approximate surface area is 93.5 Å². The van der Waals surface area contributed by atoms with Crippen molar-refractivity contribution in [3.8, 4) is 0 Å². The third kappa shape index (κ3) is 2.94. The second kappa shape index (κ2) is 5.31. The molecule has 0 bridgehead atoms. The molecule has 2 rings (SSSR count). The molecule has 15 heavy (non-hydrogen) atoms. The van der Waals surface area contributed by atoms with Crippen LogP contribution in [0.25, 0.3) is 0 Å². The Kier molecular flexibility index (Phi) is 4.04. The van der Waals surface area contributed by atoms with Crippen LogP contribution in [0.4, 0.5) is 0 Å². The van der Waals surface area contributed by atoms with Crippen molar-refractivity contribution in [1.82, 2.24) is 5.32 Å². The molecule has 2 aliphatic carbocycles. The van der Waals surface area contributed by atoms with E-state index in [1.54, 1.807) is 0 Å². The molecule has 0 aromatic heterocycles. The highest BCUT2D eigenvalue weighted by Crippen LogP contribution is 2.28. The summed E-state index contributed by atoms with van der Waals surface area (Å²) in [6, 6.07) is 0.977. The van der Waals surface area contributed by atoms with Crippen LogP contribution in [0.2, 0.25) is 0 Å². The van der Waals surface area contributed by atoms with Crippen LogP contribution in [0, 0.1) is 5.92 Å². The molecule has 0 aromatic carbocycles. The number of hydrogen-bond acceptors (Lipinski definition) is 2. The van der Waals surface area contributed by atoms with Crippen LogP contribution in [0.15, 0.2) is 0 Å². The Balaban J connectivity index is 1.77. The second-order valence-corrected chi connectivity index (χ2v) is 5.46. The van der Waals surface area contributed by atoms with Crippen LogP contribution >= 0.6 is 0 Å². The molecule has 0 saturated heterocycles. The van der Waals surface area contributed by atoms with Gasteiger partial charge in [0, 0.05) is 12.1 Å². The minimum absolute atomic E-state index is 0.0870. The van der Waals surface area contributed by atoms with E-state index in [-0.39, 0.29) is 6.10 Å². The van der Waals surface area contributed by atoms with Crippen molar-refractivity contribution in [3.05, 3.63) is 0 Å². The fourth-order valence-corrected chi connectivity index (χ4v) is 3.24. The molecule has 0 radical (unpaired) electrons. The van der Waals surface area contributed by atoms with Gasteiger partial charge in [0.1, 0.15) is 0 Å². The molecule has 2 fully saturated rings. The number of aliphatic hydroxyl groups excluding tert-OH is 1. The van der Waals surface area contributed by atoms with Crippen LogP contribution in [-0.4, -0.2) is 23.3 Å². The smallest absolute Gasteiger partial charge is 0.0693 e. The zero-order chi connectivity index (χ0) is 10.7. The van der Waals surface area contributed by atoms with E-state index in [9.17, 15) is 5.11 Å². The number of hydrogen-bond donors (Lipinski definition) is 2. The second-order valence-electron chi connectivity index (χ2n) is 5.46. The third-order valence-electron chi connectivity index (χ3n) is 4.31. The predicted octanol–water partition coefficient (Wildman–Crippen LogP) is 2.46. The van der Waals surface area contributed by atoms with Gasteiger partial charge in [-0.25, -0.2) is 0 Å². The fraction of sp³-hybridized carbons (Fsp3) is 1.00. The van der Waals surface area contributed by atoms with Gasteiger partial charge in [-0.2, -0.15) is 0 Å². The molecule has 3 atom stereocenters. The van der Waals surface area contributed by atoms with Crippen LogP contribution in [0.1, 0.15) is 58.3 Å². The zero-order valence-corrected chi connectivity index (χ0v) is 9.91. The van der Waals surface area contributed by atoms with E-state index >= 15 is 0 Å². The number of aliphatic hydroxyl groups is 1. The Morgan fingerprint density at radius 3 is 2.33 bits per heavy atom. The van der Waals surface area contributed by atoms with Gasteiger partial charge in [0.25, 0.3) is 0 Å². The molecule has 2 heteroatoms. The van der Waals surface area contributed by atoms with E-state index in [0.29, 0.717) is 12.1 Å². The largest absolute Gasteiger partial charge is 0.392 e. The summed E-state index contributed by atoms with van der Waals surface area (Å²) >= 11 is 0. The summed E-state index contributed by atoms with van der Waals surface area (Å²) < 4.78 is 0. The standard InChI is InChI=1S/C13H25NO/c1-10(11-6-3-2-4-7-11)14-12-8-5-9-13(12)15/h10-15H,2-9H2,1H3/t10-,12+,13+/m0/s1. The predicted molar refractivity (Wildman–Crippen MR) is 62.8 cm³/mol. The van der Waals surface area contributed by atoms with Gasteiger partial charge in [0.15, 0.2) is 0 Å². The molecule has 0 spiro atoms. The van der Waals surface area contributed by atoms with Crippen LogP contribution < -0.4 is 5.32 Å². The quantitative estimate of drug-likeness (QED) is 0.751. The van der Waals surface area contributed by atoms with Crippen molar-refractivity contribution in [2.45, 2.75) is 76.5 Å². The molecule has 0 unspecified atom stereocenters. The highest BCUT2D eigenvalue weighted by Gasteiger charge is 2.28. The zero-order valence-electron chi connectivity index (χ0n) is 9.91. The van der Waals surface area contributed by atoms with Gasteiger partial charge in [-0.3, -0.25) is 0 Å². The lowest BCUT2D eigenvalue weighted by molar-refractivity contribution is 0.133. The Hall–Kier alpha value is -0.0800. The fourth-order valence-electron chi connectivity index (χ4n) is 3.24. The summed E-state index contributed by atoms with van der Waals surface area (Å²) in [5.41, 5.74) is 0. The molecule has 0 aromatic rings. The van der Waals surface area contributed by atoms with Gasteiger partial charge in [-0.15, -0.1) is 0 Å². The summed E-state index contributed by atoms with van der Waals surface area (Å²) in [6.07, 6.45) is 10.3. The molecule has 0 aliphatic heterocycles. The Bertz CT molecular complexity index is 189. The van der Waals surface area contributed by atoms with Gasteiger partial charge >= 0.3 is 0 Å². The van der Waals surface area contributed by atoms with Gasteiger partial charge in [-0.05, 0) is 44.9 Å². The van der Waals surface area contributed by atoms with Crippen molar-refractivity contribution in [2.75, 3.05) is 0 Å². The highest BCUT2D eigenvalue weighted by atomic mass is 16.3. The molecule has 2 aliphatic rings. The highest BCUT2D eigenvalue weighted by molar-refractivity contribution is 4.87. The number of rotatable bonds is 3. The minimum atomic E-state index is -0.0870. The molecule has 0 amide bonds. The molecular formula is C13H25NO. The van der Waals surface area contributed by atoms with Gasteiger partial charge < -0.3 is 10.4 Å². The van der Waals surface area contributed by atoms with Crippen molar-refractivity contribution in [3.63, 3.8) is 0 Å². The monoisotopic (exact) mass is 211 g/mol. The van der Waals surface area contributed by atoms with Crippen LogP contribution in [0.5, 0.6) is 0 Å². The average Bonchev–Trinajstić information content (AvgIpc) is 2.66. The summed E-state index contributed by atoms with van der Waals surface area (Å²) in [4.78, 5) is 0. The maximum Gasteiger partial charge on any atom is 0.0693 e. The third-order valence-corrected chi connectivity index (χ3v) is 4.31. The lowest BCUT2D eigenvalue weighted by Crippen LogP contribution is -2.45. The van der Waals surface area contributed by atoms with Gasteiger partial charge in [0.05, 0.1) is 6.10 Å². The first-order valence-corrected chi connectivity index (χ1v) is 6.71. The first kappa shape index (κ1) is 11.4. The Morgan fingerprint density at radius 1 is 1.00 bits per heavy atom. The van der Waals surface area contributed by atoms with E-state index < -0.39 is 0 Å². The lowest BCUT2D eigenvalue weighted by Gasteiger charge is -2.31. The average molecular weight is 211 g/mol. The molecule has 0 heterocycles. The molecule has 2 saturated carbocycles. The van der Waals surface area contributed by atoms with Crippen molar-refractivity contribution in [1.29, 1.82) is 0 Å². The van der Waals surface area contributed by atoms with Crippen molar-refractivity contribution < 1.29 is 5.11 Å². The molecule has 2 nitrogen and oxygen atoms in total. The maximum absolute atomic E-state index is 9.77. The molecular weight excluding hydrogens is 186 g/mol.